The fraction of sp³-hybridized carbons (Fsp3) is 0.583. The third kappa shape index (κ3) is 3.03. The summed E-state index contributed by atoms with van der Waals surface area (Å²) in [5.41, 5.74) is 1.01. The molecule has 2 rings (SSSR count). The molecule has 2 aromatic rings. The van der Waals surface area contributed by atoms with Crippen LogP contribution < -0.4 is 0 Å². The summed E-state index contributed by atoms with van der Waals surface area (Å²) in [4.78, 5) is 7.47. The molecule has 2 heterocycles. The zero-order valence-corrected chi connectivity index (χ0v) is 12.0. The van der Waals surface area contributed by atoms with Gasteiger partial charge >= 0.3 is 0 Å². The van der Waals surface area contributed by atoms with Crippen LogP contribution in [0.25, 0.3) is 4.96 Å². The summed E-state index contributed by atoms with van der Waals surface area (Å²) in [6.45, 7) is 4.72. The zero-order chi connectivity index (χ0) is 13.0. The minimum atomic E-state index is 0.174. The van der Waals surface area contributed by atoms with Crippen LogP contribution in [-0.4, -0.2) is 39.1 Å². The van der Waals surface area contributed by atoms with Crippen molar-refractivity contribution in [3.8, 4) is 0 Å². The number of aromatic nitrogens is 2. The molecule has 4 nitrogen and oxygen atoms in total. The van der Waals surface area contributed by atoms with Gasteiger partial charge in [-0.3, -0.25) is 9.30 Å². The maximum atomic E-state index is 9.11. The molecular formula is C12H18ClN3OS. The molecule has 0 fully saturated rings. The van der Waals surface area contributed by atoms with Crippen LogP contribution in [0.3, 0.4) is 0 Å². The molecule has 0 radical (unpaired) electrons. The fourth-order valence-corrected chi connectivity index (χ4v) is 2.97. The zero-order valence-electron chi connectivity index (χ0n) is 10.5. The molecule has 0 spiro atoms. The van der Waals surface area contributed by atoms with Gasteiger partial charge in [-0.05, 0) is 13.0 Å². The van der Waals surface area contributed by atoms with Crippen LogP contribution in [0.15, 0.2) is 11.6 Å². The van der Waals surface area contributed by atoms with E-state index in [4.69, 9.17) is 16.7 Å². The summed E-state index contributed by atoms with van der Waals surface area (Å²) in [5.74, 6) is 0. The Labute approximate surface area is 116 Å². The average Bonchev–Trinajstić information content (AvgIpc) is 2.90. The first kappa shape index (κ1) is 13.8. The Kier molecular flexibility index (Phi) is 5.00. The van der Waals surface area contributed by atoms with E-state index < -0.39 is 0 Å². The highest BCUT2D eigenvalue weighted by Crippen LogP contribution is 2.22. The number of thiazole rings is 1. The van der Waals surface area contributed by atoms with Crippen LogP contribution in [0.5, 0.6) is 0 Å². The van der Waals surface area contributed by atoms with Crippen molar-refractivity contribution in [2.24, 2.45) is 0 Å². The van der Waals surface area contributed by atoms with Gasteiger partial charge in [0.1, 0.15) is 0 Å². The third-order valence-corrected chi connectivity index (χ3v) is 3.99. The van der Waals surface area contributed by atoms with Crippen LogP contribution in [0.4, 0.5) is 0 Å². The third-order valence-electron chi connectivity index (χ3n) is 2.93. The first-order valence-electron chi connectivity index (χ1n) is 6.19. The topological polar surface area (TPSA) is 40.8 Å². The monoisotopic (exact) mass is 287 g/mol. The van der Waals surface area contributed by atoms with Gasteiger partial charge in [0.2, 0.25) is 0 Å². The molecule has 0 bridgehead atoms. The van der Waals surface area contributed by atoms with Crippen LogP contribution >= 0.6 is 22.9 Å². The minimum Gasteiger partial charge on any atom is -0.395 e. The number of hydrogen-bond acceptors (Lipinski definition) is 4. The van der Waals surface area contributed by atoms with Gasteiger partial charge in [0.05, 0.1) is 12.3 Å². The summed E-state index contributed by atoms with van der Waals surface area (Å²) >= 11 is 7.75. The van der Waals surface area contributed by atoms with Gasteiger partial charge in [0, 0.05) is 24.7 Å². The molecular weight excluding hydrogens is 270 g/mol. The van der Waals surface area contributed by atoms with Crippen molar-refractivity contribution in [1.82, 2.24) is 14.3 Å². The lowest BCUT2D eigenvalue weighted by Crippen LogP contribution is -2.28. The Hall–Kier alpha value is -0.620. The summed E-state index contributed by atoms with van der Waals surface area (Å²) in [6, 6.07) is 0. The number of nitrogens with zero attached hydrogens (tertiary/aromatic N) is 3. The molecule has 0 aromatic carbocycles. The maximum absolute atomic E-state index is 9.11. The van der Waals surface area contributed by atoms with Gasteiger partial charge in [0.25, 0.3) is 0 Å². The number of rotatable bonds is 7. The SMILES string of the molecule is CCCCN(CCO)Cc1c(Cl)nc2sccn12. The number of aliphatic hydroxyl groups excluding tert-OH is 1. The normalized spacial score (nSPS) is 11.8. The molecule has 1 N–H and O–H groups in total. The molecule has 0 unspecified atom stereocenters. The smallest absolute Gasteiger partial charge is 0.195 e. The van der Waals surface area contributed by atoms with Gasteiger partial charge in [-0.2, -0.15) is 0 Å². The second-order valence-corrected chi connectivity index (χ2v) is 5.49. The number of fused-ring (bicyclic) bond motifs is 1. The summed E-state index contributed by atoms with van der Waals surface area (Å²) in [6.07, 6.45) is 4.27. The van der Waals surface area contributed by atoms with E-state index in [2.05, 4.69) is 16.8 Å². The molecule has 0 saturated heterocycles. The Bertz CT molecular complexity index is 496. The predicted molar refractivity (Wildman–Crippen MR) is 75.3 cm³/mol. The second kappa shape index (κ2) is 6.52. The van der Waals surface area contributed by atoms with Gasteiger partial charge in [0.15, 0.2) is 10.1 Å². The van der Waals surface area contributed by atoms with Crippen molar-refractivity contribution in [2.45, 2.75) is 26.3 Å². The van der Waals surface area contributed by atoms with Gasteiger partial charge in [-0.25, -0.2) is 4.98 Å². The Morgan fingerprint density at radius 3 is 3.06 bits per heavy atom. The number of halogens is 1. The predicted octanol–water partition coefficient (Wildman–Crippen LogP) is 2.64. The fourth-order valence-electron chi connectivity index (χ4n) is 1.95. The molecule has 0 aliphatic rings. The number of imidazole rings is 1. The molecule has 0 saturated carbocycles. The van der Waals surface area contributed by atoms with Crippen molar-refractivity contribution < 1.29 is 5.11 Å². The van der Waals surface area contributed by atoms with E-state index in [0.29, 0.717) is 11.7 Å². The largest absolute Gasteiger partial charge is 0.395 e. The van der Waals surface area contributed by atoms with Crippen LogP contribution in [0.1, 0.15) is 25.5 Å². The quantitative estimate of drug-likeness (QED) is 0.851. The van der Waals surface area contributed by atoms with Crippen molar-refractivity contribution >= 4 is 27.9 Å². The average molecular weight is 288 g/mol. The molecule has 6 heteroatoms. The van der Waals surface area contributed by atoms with Crippen LogP contribution in [0.2, 0.25) is 5.15 Å². The van der Waals surface area contributed by atoms with E-state index >= 15 is 0 Å². The molecule has 2 aromatic heterocycles. The van der Waals surface area contributed by atoms with Gasteiger partial charge in [-0.15, -0.1) is 11.3 Å². The molecule has 0 amide bonds. The number of unbranched alkanes of at least 4 members (excludes halogenated alkanes) is 1. The van der Waals surface area contributed by atoms with Crippen LogP contribution in [-0.2, 0) is 6.54 Å². The molecule has 0 aliphatic carbocycles. The van der Waals surface area contributed by atoms with Gasteiger partial charge in [-0.1, -0.05) is 24.9 Å². The molecule has 18 heavy (non-hydrogen) atoms. The maximum Gasteiger partial charge on any atom is 0.195 e. The number of aliphatic hydroxyl groups is 1. The van der Waals surface area contributed by atoms with E-state index in [9.17, 15) is 0 Å². The highest BCUT2D eigenvalue weighted by molar-refractivity contribution is 7.15. The van der Waals surface area contributed by atoms with E-state index in [-0.39, 0.29) is 6.61 Å². The Balaban J connectivity index is 2.13. The summed E-state index contributed by atoms with van der Waals surface area (Å²) < 4.78 is 2.03. The van der Waals surface area contributed by atoms with Crippen molar-refractivity contribution in [3.05, 3.63) is 22.4 Å². The van der Waals surface area contributed by atoms with E-state index in [1.807, 2.05) is 16.0 Å². The lowest BCUT2D eigenvalue weighted by Gasteiger charge is -2.20. The van der Waals surface area contributed by atoms with Crippen LogP contribution in [0, 0.1) is 0 Å². The number of hydrogen-bond donors (Lipinski definition) is 1. The Morgan fingerprint density at radius 1 is 1.50 bits per heavy atom. The van der Waals surface area contributed by atoms with Crippen molar-refractivity contribution in [1.29, 1.82) is 0 Å². The standard InChI is InChI=1S/C12H18ClN3OS/c1-2-3-4-15(5-7-17)9-10-11(13)14-12-16(10)6-8-18-12/h6,8,17H,2-5,7,9H2,1H3. The van der Waals surface area contributed by atoms with E-state index in [1.54, 1.807) is 11.3 Å². The first-order chi connectivity index (χ1) is 8.76. The van der Waals surface area contributed by atoms with E-state index in [1.165, 1.54) is 0 Å². The first-order valence-corrected chi connectivity index (χ1v) is 7.45. The second-order valence-electron chi connectivity index (χ2n) is 4.26. The highest BCUT2D eigenvalue weighted by Gasteiger charge is 2.14. The lowest BCUT2D eigenvalue weighted by atomic mass is 10.3. The molecule has 0 atom stereocenters. The van der Waals surface area contributed by atoms with E-state index in [0.717, 1.165) is 36.6 Å². The lowest BCUT2D eigenvalue weighted by molar-refractivity contribution is 0.186. The summed E-state index contributed by atoms with van der Waals surface area (Å²) in [5, 5.41) is 11.7. The highest BCUT2D eigenvalue weighted by atomic mass is 35.5. The molecule has 100 valence electrons. The van der Waals surface area contributed by atoms with Crippen molar-refractivity contribution in [2.75, 3.05) is 19.7 Å². The molecule has 0 aliphatic heterocycles. The van der Waals surface area contributed by atoms with Gasteiger partial charge < -0.3 is 5.11 Å². The summed E-state index contributed by atoms with van der Waals surface area (Å²) in [7, 11) is 0. The van der Waals surface area contributed by atoms with Crippen molar-refractivity contribution in [3.63, 3.8) is 0 Å². The minimum absolute atomic E-state index is 0.174. The Morgan fingerprint density at radius 2 is 2.33 bits per heavy atom.